The highest BCUT2D eigenvalue weighted by atomic mass is 32.2. The summed E-state index contributed by atoms with van der Waals surface area (Å²) in [6.45, 7) is 4.24. The summed E-state index contributed by atoms with van der Waals surface area (Å²) in [6, 6.07) is -0.0929. The molecule has 2 N–H and O–H groups in total. The fourth-order valence-corrected chi connectivity index (χ4v) is 4.89. The number of sulfonamides is 1. The van der Waals surface area contributed by atoms with Crippen molar-refractivity contribution < 1.29 is 23.1 Å². The molecule has 1 unspecified atom stereocenters. The molecule has 2 fully saturated rings. The Morgan fingerprint density at radius 2 is 1.88 bits per heavy atom. The number of carbonyl (C=O) groups excluding carboxylic acids is 1. The molecule has 138 valence electrons. The number of nitrogens with zero attached hydrogens (tertiary/aromatic N) is 1. The standard InChI is InChI=1S/C16H28N2O5S/c1-12-4-6-13(7-5-12)17-24(22,23)10-14(19)18-9-3-8-16(2,11-18)15(20)21/h12-13,17H,3-11H2,1-2H3,(H,20,21). The predicted octanol–water partition coefficient (Wildman–Crippen LogP) is 1.20. The predicted molar refractivity (Wildman–Crippen MR) is 89.9 cm³/mol. The minimum absolute atomic E-state index is 0.0671. The van der Waals surface area contributed by atoms with Crippen molar-refractivity contribution in [1.82, 2.24) is 9.62 Å². The molecule has 1 aliphatic carbocycles. The molecule has 24 heavy (non-hydrogen) atoms. The van der Waals surface area contributed by atoms with Crippen molar-refractivity contribution in [3.8, 4) is 0 Å². The lowest BCUT2D eigenvalue weighted by molar-refractivity contribution is -0.153. The second-order valence-corrected chi connectivity index (χ2v) is 9.37. The van der Waals surface area contributed by atoms with Gasteiger partial charge in [-0.15, -0.1) is 0 Å². The fourth-order valence-electron chi connectivity index (χ4n) is 3.55. The maximum Gasteiger partial charge on any atom is 0.311 e. The zero-order valence-electron chi connectivity index (χ0n) is 14.5. The van der Waals surface area contributed by atoms with E-state index in [4.69, 9.17) is 0 Å². The number of hydrogen-bond acceptors (Lipinski definition) is 4. The van der Waals surface area contributed by atoms with Crippen LogP contribution in [0.3, 0.4) is 0 Å². The highest BCUT2D eigenvalue weighted by Gasteiger charge is 2.40. The normalized spacial score (nSPS) is 31.7. The summed E-state index contributed by atoms with van der Waals surface area (Å²) in [6.07, 6.45) is 4.65. The number of nitrogens with one attached hydrogen (secondary N) is 1. The summed E-state index contributed by atoms with van der Waals surface area (Å²) < 4.78 is 27.1. The Balaban J connectivity index is 1.91. The molecule has 1 heterocycles. The number of rotatable bonds is 5. The highest BCUT2D eigenvalue weighted by Crippen LogP contribution is 2.30. The van der Waals surface area contributed by atoms with E-state index in [1.807, 2.05) is 0 Å². The van der Waals surface area contributed by atoms with Crippen LogP contribution in [-0.4, -0.2) is 55.2 Å². The van der Waals surface area contributed by atoms with Gasteiger partial charge in [0.05, 0.1) is 5.41 Å². The number of carboxylic acids is 1. The smallest absolute Gasteiger partial charge is 0.311 e. The van der Waals surface area contributed by atoms with Gasteiger partial charge in [0.25, 0.3) is 0 Å². The van der Waals surface area contributed by atoms with Crippen molar-refractivity contribution >= 4 is 21.9 Å². The third-order valence-electron chi connectivity index (χ3n) is 5.24. The molecular weight excluding hydrogens is 332 g/mol. The lowest BCUT2D eigenvalue weighted by Crippen LogP contribution is -2.51. The molecule has 0 spiro atoms. The second-order valence-electron chi connectivity index (χ2n) is 7.62. The van der Waals surface area contributed by atoms with E-state index < -0.39 is 33.1 Å². The van der Waals surface area contributed by atoms with E-state index >= 15 is 0 Å². The Morgan fingerprint density at radius 3 is 2.46 bits per heavy atom. The maximum absolute atomic E-state index is 12.3. The lowest BCUT2D eigenvalue weighted by atomic mass is 9.82. The third kappa shape index (κ3) is 4.92. The van der Waals surface area contributed by atoms with Gasteiger partial charge in [-0.05, 0) is 51.4 Å². The summed E-state index contributed by atoms with van der Waals surface area (Å²) in [7, 11) is -3.69. The van der Waals surface area contributed by atoms with Gasteiger partial charge >= 0.3 is 5.97 Å². The van der Waals surface area contributed by atoms with Gasteiger partial charge in [-0.3, -0.25) is 9.59 Å². The summed E-state index contributed by atoms with van der Waals surface area (Å²) in [5.74, 6) is -1.44. The third-order valence-corrected chi connectivity index (χ3v) is 6.56. The monoisotopic (exact) mass is 360 g/mol. The molecular formula is C16H28N2O5S. The number of likely N-dealkylation sites (tertiary alicyclic amines) is 1. The second kappa shape index (κ2) is 7.39. The zero-order valence-corrected chi connectivity index (χ0v) is 15.3. The van der Waals surface area contributed by atoms with E-state index in [1.165, 1.54) is 4.90 Å². The largest absolute Gasteiger partial charge is 0.481 e. The molecule has 1 saturated carbocycles. The summed E-state index contributed by atoms with van der Waals surface area (Å²) in [4.78, 5) is 25.1. The Bertz CT molecular complexity index is 583. The molecule has 7 nitrogen and oxygen atoms in total. The van der Waals surface area contributed by atoms with E-state index in [2.05, 4.69) is 11.6 Å². The van der Waals surface area contributed by atoms with Crippen LogP contribution in [0.5, 0.6) is 0 Å². The minimum Gasteiger partial charge on any atom is -0.481 e. The van der Waals surface area contributed by atoms with Gasteiger partial charge in [0.1, 0.15) is 5.75 Å². The van der Waals surface area contributed by atoms with E-state index in [0.29, 0.717) is 25.3 Å². The molecule has 1 amide bonds. The lowest BCUT2D eigenvalue weighted by Gasteiger charge is -2.37. The van der Waals surface area contributed by atoms with E-state index in [-0.39, 0.29) is 12.6 Å². The van der Waals surface area contributed by atoms with Gasteiger partial charge in [-0.25, -0.2) is 13.1 Å². The molecule has 8 heteroatoms. The van der Waals surface area contributed by atoms with Gasteiger partial charge in [-0.1, -0.05) is 6.92 Å². The zero-order chi connectivity index (χ0) is 18.0. The summed E-state index contributed by atoms with van der Waals surface area (Å²) >= 11 is 0. The Labute approximate surface area is 143 Å². The molecule has 1 atom stereocenters. The first-order valence-corrected chi connectivity index (χ1v) is 10.3. The number of carbonyl (C=O) groups is 2. The summed E-state index contributed by atoms with van der Waals surface area (Å²) in [5, 5.41) is 9.30. The Morgan fingerprint density at radius 1 is 1.25 bits per heavy atom. The molecule has 0 aromatic heterocycles. The Kier molecular flexibility index (Phi) is 5.91. The molecule has 2 aliphatic rings. The van der Waals surface area contributed by atoms with Crippen LogP contribution in [0.4, 0.5) is 0 Å². The number of aliphatic carboxylic acids is 1. The van der Waals surface area contributed by atoms with Crippen LogP contribution in [0.2, 0.25) is 0 Å². The van der Waals surface area contributed by atoms with Crippen molar-refractivity contribution in [3.05, 3.63) is 0 Å². The van der Waals surface area contributed by atoms with Crippen LogP contribution in [0, 0.1) is 11.3 Å². The minimum atomic E-state index is -3.69. The number of amides is 1. The molecule has 2 rings (SSSR count). The first-order chi connectivity index (χ1) is 11.1. The van der Waals surface area contributed by atoms with Crippen LogP contribution in [0.25, 0.3) is 0 Å². The Hall–Kier alpha value is -1.15. The number of piperidine rings is 1. The van der Waals surface area contributed by atoms with Crippen LogP contribution in [0.1, 0.15) is 52.4 Å². The van der Waals surface area contributed by atoms with Gasteiger partial charge in [0.2, 0.25) is 15.9 Å². The van der Waals surface area contributed by atoms with Crippen molar-refractivity contribution in [1.29, 1.82) is 0 Å². The molecule has 1 aliphatic heterocycles. The fraction of sp³-hybridized carbons (Fsp3) is 0.875. The average molecular weight is 360 g/mol. The topological polar surface area (TPSA) is 104 Å². The highest BCUT2D eigenvalue weighted by molar-refractivity contribution is 7.90. The molecule has 0 radical (unpaired) electrons. The number of hydrogen-bond donors (Lipinski definition) is 2. The van der Waals surface area contributed by atoms with Crippen molar-refractivity contribution in [2.24, 2.45) is 11.3 Å². The summed E-state index contributed by atoms with van der Waals surface area (Å²) in [5.41, 5.74) is -0.995. The van der Waals surface area contributed by atoms with Crippen LogP contribution >= 0.6 is 0 Å². The van der Waals surface area contributed by atoms with Crippen molar-refractivity contribution in [3.63, 3.8) is 0 Å². The van der Waals surface area contributed by atoms with Crippen LogP contribution in [-0.2, 0) is 19.6 Å². The average Bonchev–Trinajstić information content (AvgIpc) is 2.49. The van der Waals surface area contributed by atoms with Crippen molar-refractivity contribution in [2.75, 3.05) is 18.8 Å². The maximum atomic E-state index is 12.3. The van der Waals surface area contributed by atoms with Gasteiger partial charge in [-0.2, -0.15) is 0 Å². The molecule has 0 aromatic rings. The van der Waals surface area contributed by atoms with Gasteiger partial charge in [0.15, 0.2) is 0 Å². The molecule has 0 bridgehead atoms. The molecule has 0 aromatic carbocycles. The first-order valence-electron chi connectivity index (χ1n) is 8.62. The van der Waals surface area contributed by atoms with Gasteiger partial charge < -0.3 is 10.0 Å². The quantitative estimate of drug-likeness (QED) is 0.767. The van der Waals surface area contributed by atoms with Crippen LogP contribution < -0.4 is 4.72 Å². The van der Waals surface area contributed by atoms with E-state index in [1.54, 1.807) is 6.92 Å². The van der Waals surface area contributed by atoms with E-state index in [0.717, 1.165) is 25.7 Å². The SMILES string of the molecule is CC1CCC(NS(=O)(=O)CC(=O)N2CCCC(C)(C(=O)O)C2)CC1. The van der Waals surface area contributed by atoms with Gasteiger partial charge in [0, 0.05) is 19.1 Å². The van der Waals surface area contributed by atoms with E-state index in [9.17, 15) is 23.1 Å². The number of carboxylic acid groups (broad SMARTS) is 1. The molecule has 1 saturated heterocycles. The first kappa shape index (κ1) is 19.2. The van der Waals surface area contributed by atoms with Crippen LogP contribution in [0.15, 0.2) is 0 Å². The van der Waals surface area contributed by atoms with Crippen molar-refractivity contribution in [2.45, 2.75) is 58.4 Å².